The van der Waals surface area contributed by atoms with Crippen LogP contribution in [0.4, 0.5) is 4.79 Å². The summed E-state index contributed by atoms with van der Waals surface area (Å²) >= 11 is 3.39. The molecular weight excluding hydrogens is 476 g/mol. The van der Waals surface area contributed by atoms with Gasteiger partial charge in [-0.2, -0.15) is 0 Å². The summed E-state index contributed by atoms with van der Waals surface area (Å²) in [6.07, 6.45) is 0.933. The summed E-state index contributed by atoms with van der Waals surface area (Å²) in [6, 6.07) is 12.1. The fourth-order valence-electron chi connectivity index (χ4n) is 3.10. The first-order valence-electron chi connectivity index (χ1n) is 8.91. The Morgan fingerprint density at radius 3 is 2.53 bits per heavy atom. The van der Waals surface area contributed by atoms with Crippen molar-refractivity contribution in [2.75, 3.05) is 7.11 Å². The van der Waals surface area contributed by atoms with Crippen molar-refractivity contribution in [2.45, 2.75) is 23.8 Å². The van der Waals surface area contributed by atoms with Crippen LogP contribution in [0.3, 0.4) is 0 Å². The monoisotopic (exact) mass is 494 g/mol. The number of hydrogen-bond donors (Lipinski definition) is 2. The fourth-order valence-corrected chi connectivity index (χ4v) is 4.87. The van der Waals surface area contributed by atoms with E-state index < -0.39 is 28.1 Å². The van der Waals surface area contributed by atoms with Crippen molar-refractivity contribution in [2.24, 2.45) is 0 Å². The Bertz CT molecular complexity index is 1190. The lowest BCUT2D eigenvalue weighted by Gasteiger charge is -2.13. The Labute approximate surface area is 181 Å². The number of carbonyl (C=O) groups excluding carboxylic acids is 1. The number of aryl methyl sites for hydroxylation is 1. The van der Waals surface area contributed by atoms with E-state index >= 15 is 0 Å². The smallest absolute Gasteiger partial charge is 0.407 e. The number of ether oxygens (including phenoxy) is 1. The first-order chi connectivity index (χ1) is 14.2. The second kappa shape index (κ2) is 8.88. The molecule has 1 atom stereocenters. The van der Waals surface area contributed by atoms with E-state index in [2.05, 4.69) is 26.0 Å². The van der Waals surface area contributed by atoms with Crippen molar-refractivity contribution in [3.05, 3.63) is 64.8 Å². The van der Waals surface area contributed by atoms with Gasteiger partial charge in [0.25, 0.3) is 10.0 Å². The Morgan fingerprint density at radius 2 is 1.90 bits per heavy atom. The van der Waals surface area contributed by atoms with Gasteiger partial charge < -0.3 is 15.2 Å². The Kier molecular flexibility index (Phi) is 6.47. The zero-order valence-corrected chi connectivity index (χ0v) is 18.3. The number of amides is 1. The summed E-state index contributed by atoms with van der Waals surface area (Å²) in [5, 5.41) is 12.3. The highest BCUT2D eigenvalue weighted by Gasteiger charge is 2.24. The molecule has 1 heterocycles. The van der Waals surface area contributed by atoms with Gasteiger partial charge in [-0.25, -0.2) is 22.0 Å². The van der Waals surface area contributed by atoms with Crippen LogP contribution in [-0.4, -0.2) is 42.7 Å². The van der Waals surface area contributed by atoms with Crippen LogP contribution in [0.1, 0.15) is 12.0 Å². The van der Waals surface area contributed by atoms with E-state index in [4.69, 9.17) is 0 Å². The number of methoxy groups -OCH3 is 1. The largest absolute Gasteiger partial charge is 0.480 e. The highest BCUT2D eigenvalue weighted by atomic mass is 79.9. The van der Waals surface area contributed by atoms with Gasteiger partial charge in [0, 0.05) is 16.1 Å². The third-order valence-corrected chi connectivity index (χ3v) is 6.77. The van der Waals surface area contributed by atoms with Crippen molar-refractivity contribution in [3.8, 4) is 0 Å². The minimum Gasteiger partial charge on any atom is -0.480 e. The van der Waals surface area contributed by atoms with Crippen LogP contribution in [0.15, 0.2) is 64.1 Å². The van der Waals surface area contributed by atoms with Crippen LogP contribution in [0.25, 0.3) is 10.9 Å². The number of carboxylic acid groups (broad SMARTS) is 1. The molecule has 0 fully saturated rings. The molecule has 2 aromatic carbocycles. The third-order valence-electron chi connectivity index (χ3n) is 4.59. The van der Waals surface area contributed by atoms with Gasteiger partial charge in [0.05, 0.1) is 17.5 Å². The number of hydrogen-bond acceptors (Lipinski definition) is 5. The average molecular weight is 495 g/mol. The zero-order valence-electron chi connectivity index (χ0n) is 15.9. The minimum absolute atomic E-state index is 0.0570. The van der Waals surface area contributed by atoms with Crippen LogP contribution in [0, 0.1) is 0 Å². The van der Waals surface area contributed by atoms with Gasteiger partial charge in [0.15, 0.2) is 0 Å². The minimum atomic E-state index is -3.84. The lowest BCUT2D eigenvalue weighted by molar-refractivity contribution is -0.139. The Hall–Kier alpha value is -2.85. The van der Waals surface area contributed by atoms with Gasteiger partial charge in [0.1, 0.15) is 6.04 Å². The summed E-state index contributed by atoms with van der Waals surface area (Å²) in [5.41, 5.74) is 1.12. The number of fused-ring (bicyclic) bond motifs is 1. The molecule has 1 aromatic heterocycles. The first-order valence-corrected chi connectivity index (χ1v) is 11.1. The van der Waals surface area contributed by atoms with Gasteiger partial charge in [0.2, 0.25) is 0 Å². The molecule has 158 valence electrons. The number of alkyl carbamates (subject to hydrolysis) is 1. The molecule has 10 heteroatoms. The van der Waals surface area contributed by atoms with E-state index in [0.717, 1.165) is 11.6 Å². The van der Waals surface area contributed by atoms with Gasteiger partial charge in [-0.15, -0.1) is 0 Å². The molecule has 2 N–H and O–H groups in total. The maximum Gasteiger partial charge on any atom is 0.407 e. The second-order valence-corrected chi connectivity index (χ2v) is 9.23. The number of aliphatic carboxylic acids is 1. The van der Waals surface area contributed by atoms with E-state index in [-0.39, 0.29) is 17.7 Å². The van der Waals surface area contributed by atoms with Crippen LogP contribution in [-0.2, 0) is 26.0 Å². The standard InChI is InChI=1S/C20H19BrN2O6S/c1-29-20(26)22-17(19(24)25)9-7-13-12-23(18-10-8-14(21)11-16(13)18)30(27,28)15-5-3-2-4-6-15/h2-6,8,10-12,17H,7,9H2,1H3,(H,22,26)(H,24,25). The number of benzene rings is 2. The summed E-state index contributed by atoms with van der Waals surface area (Å²) in [6.45, 7) is 0. The number of nitrogens with one attached hydrogen (secondary N) is 1. The van der Waals surface area contributed by atoms with E-state index in [1.54, 1.807) is 36.4 Å². The molecule has 1 amide bonds. The van der Waals surface area contributed by atoms with Crippen molar-refractivity contribution in [1.29, 1.82) is 0 Å². The molecule has 0 aliphatic carbocycles. The van der Waals surface area contributed by atoms with E-state index in [1.165, 1.54) is 22.3 Å². The zero-order chi connectivity index (χ0) is 21.9. The number of aromatic nitrogens is 1. The number of halogens is 1. The van der Waals surface area contributed by atoms with Crippen molar-refractivity contribution in [3.63, 3.8) is 0 Å². The number of rotatable bonds is 7. The molecule has 0 aliphatic rings. The highest BCUT2D eigenvalue weighted by molar-refractivity contribution is 9.10. The topological polar surface area (TPSA) is 115 Å². The van der Waals surface area contributed by atoms with Crippen LogP contribution in [0.2, 0.25) is 0 Å². The molecule has 0 saturated carbocycles. The molecular formula is C20H19BrN2O6S. The molecule has 0 saturated heterocycles. The lowest BCUT2D eigenvalue weighted by Crippen LogP contribution is -2.41. The number of carboxylic acids is 1. The Morgan fingerprint density at radius 1 is 1.20 bits per heavy atom. The molecule has 3 rings (SSSR count). The van der Waals surface area contributed by atoms with E-state index in [0.29, 0.717) is 16.5 Å². The fraction of sp³-hybridized carbons (Fsp3) is 0.200. The first kappa shape index (κ1) is 21.8. The lowest BCUT2D eigenvalue weighted by atomic mass is 10.0. The predicted molar refractivity (Wildman–Crippen MR) is 114 cm³/mol. The van der Waals surface area contributed by atoms with Crippen molar-refractivity contribution >= 4 is 48.9 Å². The number of nitrogens with zero attached hydrogens (tertiary/aromatic N) is 1. The number of carbonyl (C=O) groups is 2. The molecule has 8 nitrogen and oxygen atoms in total. The van der Waals surface area contributed by atoms with Crippen molar-refractivity contribution < 1.29 is 27.9 Å². The normalized spacial score (nSPS) is 12.5. The second-order valence-electron chi connectivity index (χ2n) is 6.50. The Balaban J connectivity index is 2.01. The molecule has 0 bridgehead atoms. The van der Waals surface area contributed by atoms with Gasteiger partial charge in [-0.1, -0.05) is 34.1 Å². The molecule has 30 heavy (non-hydrogen) atoms. The summed E-state index contributed by atoms with van der Waals surface area (Å²) in [7, 11) is -2.69. The van der Waals surface area contributed by atoms with Crippen LogP contribution >= 0.6 is 15.9 Å². The third kappa shape index (κ3) is 4.49. The van der Waals surface area contributed by atoms with E-state index in [9.17, 15) is 23.1 Å². The molecule has 3 aromatic rings. The van der Waals surface area contributed by atoms with Crippen LogP contribution in [0.5, 0.6) is 0 Å². The van der Waals surface area contributed by atoms with Crippen molar-refractivity contribution in [1.82, 2.24) is 9.29 Å². The summed E-state index contributed by atoms with van der Waals surface area (Å²) in [4.78, 5) is 23.0. The maximum absolute atomic E-state index is 13.2. The van der Waals surface area contributed by atoms with E-state index in [1.807, 2.05) is 0 Å². The quantitative estimate of drug-likeness (QED) is 0.520. The predicted octanol–water partition coefficient (Wildman–Crippen LogP) is 3.38. The molecule has 0 spiro atoms. The summed E-state index contributed by atoms with van der Waals surface area (Å²) < 4.78 is 32.7. The molecule has 0 aliphatic heterocycles. The highest BCUT2D eigenvalue weighted by Crippen LogP contribution is 2.29. The maximum atomic E-state index is 13.2. The molecule has 0 radical (unpaired) electrons. The molecule has 1 unspecified atom stereocenters. The van der Waals surface area contributed by atoms with Gasteiger partial charge in [-0.05, 0) is 48.7 Å². The summed E-state index contributed by atoms with van der Waals surface area (Å²) in [5.74, 6) is -1.21. The SMILES string of the molecule is COC(=O)NC(CCc1cn(S(=O)(=O)c2ccccc2)c2ccc(Br)cc12)C(=O)O. The van der Waals surface area contributed by atoms with Gasteiger partial charge in [-0.3, -0.25) is 0 Å². The average Bonchev–Trinajstić information content (AvgIpc) is 3.09. The van der Waals surface area contributed by atoms with Gasteiger partial charge >= 0.3 is 12.1 Å². The van der Waals surface area contributed by atoms with Crippen LogP contribution < -0.4 is 5.32 Å².